The van der Waals surface area contributed by atoms with Gasteiger partial charge >= 0.3 is 5.97 Å². The Balaban J connectivity index is 2.21. The molecule has 1 aliphatic rings. The maximum atomic E-state index is 12.4. The highest BCUT2D eigenvalue weighted by Gasteiger charge is 2.34. The van der Waals surface area contributed by atoms with Gasteiger partial charge in [0.25, 0.3) is 0 Å². The van der Waals surface area contributed by atoms with Gasteiger partial charge in [-0.05, 0) is 24.5 Å². The number of para-hydroxylation sites is 1. The number of aliphatic carboxylic acids is 1. The number of rotatable bonds is 4. The van der Waals surface area contributed by atoms with Crippen LogP contribution in [0.15, 0.2) is 24.3 Å². The second kappa shape index (κ2) is 6.76. The number of aryl methyl sites for hydroxylation is 1. The Bertz CT molecular complexity index is 573. The van der Waals surface area contributed by atoms with Gasteiger partial charge in [-0.25, -0.2) is 4.79 Å². The number of carbonyl (C=O) groups is 3. The average molecular weight is 307 g/mol. The van der Waals surface area contributed by atoms with Crippen LogP contribution in [-0.4, -0.2) is 33.9 Å². The van der Waals surface area contributed by atoms with Crippen molar-refractivity contribution in [2.24, 2.45) is 0 Å². The molecule has 1 aromatic rings. The topological polar surface area (TPSA) is 74.7 Å². The molecule has 1 aromatic carbocycles. The summed E-state index contributed by atoms with van der Waals surface area (Å²) >= 11 is 1.08. The van der Waals surface area contributed by atoms with Crippen molar-refractivity contribution in [1.82, 2.24) is 0 Å². The van der Waals surface area contributed by atoms with Gasteiger partial charge in [0.1, 0.15) is 6.04 Å². The molecule has 1 amide bonds. The number of carbonyl (C=O) groups excluding carboxylic acids is 2. The van der Waals surface area contributed by atoms with Crippen molar-refractivity contribution >= 4 is 34.4 Å². The molecule has 0 unspecified atom stereocenters. The third kappa shape index (κ3) is 3.64. The quantitative estimate of drug-likeness (QED) is 0.922. The van der Waals surface area contributed by atoms with E-state index in [0.717, 1.165) is 17.3 Å². The van der Waals surface area contributed by atoms with Crippen LogP contribution in [-0.2, 0) is 20.8 Å². The van der Waals surface area contributed by atoms with E-state index >= 15 is 0 Å². The van der Waals surface area contributed by atoms with Crippen LogP contribution < -0.4 is 4.90 Å². The number of hydrogen-bond acceptors (Lipinski definition) is 4. The standard InChI is InChI=1S/C15H17NO4S/c1-10(17)21-9-8-14(18)16-12-5-3-2-4-11(12)6-7-13(16)15(19)20/h2-5,13H,6-9H2,1H3,(H,19,20)/t13-/m1/s1. The summed E-state index contributed by atoms with van der Waals surface area (Å²) in [7, 11) is 0. The van der Waals surface area contributed by atoms with Gasteiger partial charge < -0.3 is 5.11 Å². The van der Waals surface area contributed by atoms with Gasteiger partial charge in [0.15, 0.2) is 5.12 Å². The fourth-order valence-electron chi connectivity index (χ4n) is 2.49. The number of fused-ring (bicyclic) bond motifs is 1. The van der Waals surface area contributed by atoms with E-state index in [0.29, 0.717) is 24.3 Å². The van der Waals surface area contributed by atoms with Crippen molar-refractivity contribution < 1.29 is 19.5 Å². The SMILES string of the molecule is CC(=O)SCCC(=O)N1c2ccccc2CC[C@@H]1C(=O)O. The van der Waals surface area contributed by atoms with Gasteiger partial charge in [-0.15, -0.1) is 0 Å². The summed E-state index contributed by atoms with van der Waals surface area (Å²) in [6.45, 7) is 1.45. The summed E-state index contributed by atoms with van der Waals surface area (Å²) in [6, 6.07) is 6.55. The molecule has 0 fully saturated rings. The zero-order chi connectivity index (χ0) is 15.4. The van der Waals surface area contributed by atoms with Gasteiger partial charge in [0, 0.05) is 24.8 Å². The first kappa shape index (κ1) is 15.6. The molecule has 5 nitrogen and oxygen atoms in total. The second-order valence-corrected chi connectivity index (χ2v) is 6.15. The Hall–Kier alpha value is -1.82. The molecule has 2 rings (SSSR count). The number of anilines is 1. The predicted molar refractivity (Wildman–Crippen MR) is 81.4 cm³/mol. The third-order valence-electron chi connectivity index (χ3n) is 3.42. The van der Waals surface area contributed by atoms with E-state index in [4.69, 9.17) is 0 Å². The van der Waals surface area contributed by atoms with Crippen LogP contribution in [0.1, 0.15) is 25.3 Å². The van der Waals surface area contributed by atoms with Crippen molar-refractivity contribution in [2.75, 3.05) is 10.7 Å². The molecular weight excluding hydrogens is 290 g/mol. The molecular formula is C15H17NO4S. The number of hydrogen-bond donors (Lipinski definition) is 1. The Morgan fingerprint density at radius 3 is 2.71 bits per heavy atom. The molecule has 21 heavy (non-hydrogen) atoms. The number of benzene rings is 1. The molecule has 1 heterocycles. The van der Waals surface area contributed by atoms with Gasteiger partial charge in [-0.2, -0.15) is 0 Å². The molecule has 6 heteroatoms. The Kier molecular flexibility index (Phi) is 5.01. The third-order valence-corrected chi connectivity index (χ3v) is 4.24. The molecule has 0 bridgehead atoms. The highest BCUT2D eigenvalue weighted by atomic mass is 32.2. The number of carboxylic acids is 1. The van der Waals surface area contributed by atoms with Crippen molar-refractivity contribution in [3.8, 4) is 0 Å². The first-order valence-corrected chi connectivity index (χ1v) is 7.75. The first-order chi connectivity index (χ1) is 10.0. The Morgan fingerprint density at radius 2 is 2.05 bits per heavy atom. The number of thioether (sulfide) groups is 1. The van der Waals surface area contributed by atoms with Crippen molar-refractivity contribution in [3.63, 3.8) is 0 Å². The minimum absolute atomic E-state index is 0.0448. The van der Waals surface area contributed by atoms with Crippen LogP contribution >= 0.6 is 11.8 Å². The molecule has 0 spiro atoms. The van der Waals surface area contributed by atoms with Gasteiger partial charge in [0.2, 0.25) is 5.91 Å². The summed E-state index contributed by atoms with van der Waals surface area (Å²) in [6.07, 6.45) is 1.22. The maximum absolute atomic E-state index is 12.4. The normalized spacial score (nSPS) is 17.2. The Morgan fingerprint density at radius 1 is 1.33 bits per heavy atom. The smallest absolute Gasteiger partial charge is 0.326 e. The highest BCUT2D eigenvalue weighted by Crippen LogP contribution is 2.31. The molecule has 1 aliphatic heterocycles. The van der Waals surface area contributed by atoms with Crippen LogP contribution in [0.25, 0.3) is 0 Å². The van der Waals surface area contributed by atoms with Crippen LogP contribution in [0, 0.1) is 0 Å². The first-order valence-electron chi connectivity index (χ1n) is 6.77. The monoisotopic (exact) mass is 307 g/mol. The molecule has 0 saturated heterocycles. The van der Waals surface area contributed by atoms with Gasteiger partial charge in [0.05, 0.1) is 0 Å². The summed E-state index contributed by atoms with van der Waals surface area (Å²) in [5.74, 6) is -0.862. The second-order valence-electron chi connectivity index (χ2n) is 4.88. The van der Waals surface area contributed by atoms with Crippen LogP contribution in [0.5, 0.6) is 0 Å². The average Bonchev–Trinajstić information content (AvgIpc) is 2.45. The van der Waals surface area contributed by atoms with Crippen LogP contribution in [0.2, 0.25) is 0 Å². The zero-order valence-corrected chi connectivity index (χ0v) is 12.6. The molecule has 1 N–H and O–H groups in total. The fourth-order valence-corrected chi connectivity index (χ4v) is 3.06. The number of carboxylic acid groups (broad SMARTS) is 1. The van der Waals surface area contributed by atoms with E-state index in [1.807, 2.05) is 12.1 Å². The van der Waals surface area contributed by atoms with E-state index in [9.17, 15) is 19.5 Å². The van der Waals surface area contributed by atoms with E-state index < -0.39 is 12.0 Å². The molecule has 112 valence electrons. The number of amides is 1. The van der Waals surface area contributed by atoms with Crippen LogP contribution in [0.4, 0.5) is 5.69 Å². The van der Waals surface area contributed by atoms with E-state index in [2.05, 4.69) is 0 Å². The minimum Gasteiger partial charge on any atom is -0.480 e. The Labute approximate surface area is 127 Å². The fraction of sp³-hybridized carbons (Fsp3) is 0.400. The van der Waals surface area contributed by atoms with Crippen molar-refractivity contribution in [1.29, 1.82) is 0 Å². The zero-order valence-electron chi connectivity index (χ0n) is 11.7. The lowest BCUT2D eigenvalue weighted by atomic mass is 9.95. The predicted octanol–water partition coefficient (Wildman–Crippen LogP) is 2.09. The summed E-state index contributed by atoms with van der Waals surface area (Å²) in [4.78, 5) is 36.1. The molecule has 0 radical (unpaired) electrons. The van der Waals surface area contributed by atoms with E-state index in [1.54, 1.807) is 12.1 Å². The lowest BCUT2D eigenvalue weighted by Crippen LogP contribution is -2.48. The van der Waals surface area contributed by atoms with Gasteiger partial charge in [-0.1, -0.05) is 30.0 Å². The number of nitrogens with zero attached hydrogens (tertiary/aromatic N) is 1. The lowest BCUT2D eigenvalue weighted by molar-refractivity contribution is -0.140. The summed E-state index contributed by atoms with van der Waals surface area (Å²) in [5.41, 5.74) is 1.66. The molecule has 1 atom stereocenters. The van der Waals surface area contributed by atoms with Crippen LogP contribution in [0.3, 0.4) is 0 Å². The largest absolute Gasteiger partial charge is 0.480 e. The maximum Gasteiger partial charge on any atom is 0.326 e. The molecule has 0 aliphatic carbocycles. The summed E-state index contributed by atoms with van der Waals surface area (Å²) < 4.78 is 0. The van der Waals surface area contributed by atoms with E-state index in [-0.39, 0.29) is 17.4 Å². The molecule has 0 saturated carbocycles. The van der Waals surface area contributed by atoms with Crippen molar-refractivity contribution in [3.05, 3.63) is 29.8 Å². The minimum atomic E-state index is -0.989. The lowest BCUT2D eigenvalue weighted by Gasteiger charge is -2.34. The van der Waals surface area contributed by atoms with Gasteiger partial charge in [-0.3, -0.25) is 14.5 Å². The van der Waals surface area contributed by atoms with Crippen molar-refractivity contribution in [2.45, 2.75) is 32.2 Å². The summed E-state index contributed by atoms with van der Waals surface area (Å²) in [5, 5.41) is 9.30. The highest BCUT2D eigenvalue weighted by molar-refractivity contribution is 8.13. The molecule has 0 aromatic heterocycles. The van der Waals surface area contributed by atoms with E-state index in [1.165, 1.54) is 11.8 Å².